The van der Waals surface area contributed by atoms with Crippen LogP contribution in [0.4, 0.5) is 4.39 Å². The summed E-state index contributed by atoms with van der Waals surface area (Å²) in [7, 11) is 3.52. The monoisotopic (exact) mass is 424 g/mol. The maximum atomic E-state index is 13.9. The summed E-state index contributed by atoms with van der Waals surface area (Å²) in [6.45, 7) is 1.99. The number of fused-ring (bicyclic) bond motifs is 2. The number of H-pyrrole nitrogens is 1. The molecule has 1 aromatic carbocycles. The maximum absolute atomic E-state index is 13.9. The molecule has 0 radical (unpaired) electrons. The van der Waals surface area contributed by atoms with Crippen LogP contribution in [0.5, 0.6) is 0 Å². The lowest BCUT2D eigenvalue weighted by Crippen LogP contribution is -2.20. The van der Waals surface area contributed by atoms with Gasteiger partial charge in [0.05, 0.1) is 13.2 Å². The number of aromatic nitrogens is 2. The van der Waals surface area contributed by atoms with E-state index in [2.05, 4.69) is 20.6 Å². The summed E-state index contributed by atoms with van der Waals surface area (Å²) in [5.41, 5.74) is 2.48. The van der Waals surface area contributed by atoms with Gasteiger partial charge in [-0.05, 0) is 30.8 Å². The highest BCUT2D eigenvalue weighted by Gasteiger charge is 2.52. The first kappa shape index (κ1) is 21.1. The topological polar surface area (TPSA) is 96.1 Å². The smallest absolute Gasteiger partial charge is 0.269 e. The Balaban J connectivity index is 0.000000239. The minimum Gasteiger partial charge on any atom is -0.381 e. The number of amides is 1. The van der Waals surface area contributed by atoms with Gasteiger partial charge in [-0.2, -0.15) is 0 Å². The highest BCUT2D eigenvalue weighted by Crippen LogP contribution is 2.43. The molecule has 7 nitrogen and oxygen atoms in total. The fraction of sp³-hybridized carbons (Fsp3) is 0.348. The summed E-state index contributed by atoms with van der Waals surface area (Å²) < 4.78 is 19.1. The van der Waals surface area contributed by atoms with Crippen LogP contribution in [0.1, 0.15) is 32.1 Å². The molecule has 0 spiro atoms. The van der Waals surface area contributed by atoms with Crippen LogP contribution in [-0.2, 0) is 11.2 Å². The van der Waals surface area contributed by atoms with Gasteiger partial charge in [0.15, 0.2) is 0 Å². The number of nitrogens with zero attached hydrogens (tertiary/aromatic N) is 1. The van der Waals surface area contributed by atoms with Gasteiger partial charge in [-0.15, -0.1) is 0 Å². The van der Waals surface area contributed by atoms with Crippen LogP contribution in [0, 0.1) is 17.7 Å². The number of carbonyl (C=O) groups excluding carboxylic acids is 2. The van der Waals surface area contributed by atoms with E-state index < -0.39 is 0 Å². The molecule has 8 heteroatoms. The lowest BCUT2D eigenvalue weighted by molar-refractivity contribution is 0.0958. The molecule has 1 saturated heterocycles. The molecule has 1 aliphatic heterocycles. The van der Waals surface area contributed by atoms with E-state index in [1.807, 2.05) is 13.1 Å². The molecule has 2 fully saturated rings. The summed E-state index contributed by atoms with van der Waals surface area (Å²) >= 11 is 0. The number of nitrogens with one attached hydrogen (secondary N) is 3. The maximum Gasteiger partial charge on any atom is 0.269 e. The van der Waals surface area contributed by atoms with Crippen LogP contribution in [0.25, 0.3) is 10.9 Å². The van der Waals surface area contributed by atoms with Crippen molar-refractivity contribution in [3.05, 3.63) is 64.9 Å². The second-order valence-electron chi connectivity index (χ2n) is 7.81. The molecule has 2 aliphatic rings. The highest BCUT2D eigenvalue weighted by atomic mass is 19.1. The molecule has 1 amide bonds. The quantitative estimate of drug-likeness (QED) is 0.547. The minimum absolute atomic E-state index is 0.161. The molecule has 3 N–H and O–H groups in total. The number of hydrogen-bond donors (Lipinski definition) is 3. The predicted molar refractivity (Wildman–Crippen MR) is 115 cm³/mol. The number of carbonyl (C=O) groups is 2. The Labute approximate surface area is 179 Å². The molecule has 3 aromatic rings. The number of hydrogen-bond acceptors (Lipinski definition) is 5. The van der Waals surface area contributed by atoms with E-state index >= 15 is 0 Å². The Morgan fingerprint density at radius 2 is 2.06 bits per heavy atom. The number of pyridine rings is 1. The molecule has 3 heterocycles. The van der Waals surface area contributed by atoms with Crippen molar-refractivity contribution in [2.75, 3.05) is 27.3 Å². The molecule has 1 saturated carbocycles. The van der Waals surface area contributed by atoms with Gasteiger partial charge >= 0.3 is 0 Å². The summed E-state index contributed by atoms with van der Waals surface area (Å²) in [6, 6.07) is 9.22. The number of benzene rings is 1. The van der Waals surface area contributed by atoms with Gasteiger partial charge in [-0.25, -0.2) is 9.37 Å². The number of halogens is 1. The Hall–Kier alpha value is -3.10. The molecule has 162 valence electrons. The summed E-state index contributed by atoms with van der Waals surface area (Å²) in [5, 5.41) is 6.23. The lowest BCUT2D eigenvalue weighted by atomic mass is 10.0. The first-order chi connectivity index (χ1) is 15.0. The zero-order chi connectivity index (χ0) is 22.0. The van der Waals surface area contributed by atoms with Crippen LogP contribution in [0.2, 0.25) is 0 Å². The molecular weight excluding hydrogens is 399 g/mol. The second-order valence-corrected chi connectivity index (χ2v) is 7.81. The van der Waals surface area contributed by atoms with Gasteiger partial charge in [-0.1, -0.05) is 12.1 Å². The second kappa shape index (κ2) is 8.95. The van der Waals surface area contributed by atoms with Crippen molar-refractivity contribution in [2.45, 2.75) is 12.5 Å². The number of aldehydes is 1. The molecule has 2 unspecified atom stereocenters. The van der Waals surface area contributed by atoms with Gasteiger partial charge < -0.3 is 20.4 Å². The average Bonchev–Trinajstić information content (AvgIpc) is 3.08. The van der Waals surface area contributed by atoms with Gasteiger partial charge in [0.1, 0.15) is 17.8 Å². The summed E-state index contributed by atoms with van der Waals surface area (Å²) in [5.74, 6) is 1.01. The Morgan fingerprint density at radius 3 is 2.71 bits per heavy atom. The third kappa shape index (κ3) is 4.35. The van der Waals surface area contributed by atoms with Crippen molar-refractivity contribution in [2.24, 2.45) is 11.8 Å². The summed E-state index contributed by atoms with van der Waals surface area (Å²) in [4.78, 5) is 30.0. The van der Waals surface area contributed by atoms with Gasteiger partial charge in [0.25, 0.3) is 5.91 Å². The minimum atomic E-state index is -0.374. The first-order valence-electron chi connectivity index (χ1n) is 10.2. The van der Waals surface area contributed by atoms with E-state index in [4.69, 9.17) is 4.74 Å². The Kier molecular flexibility index (Phi) is 6.11. The zero-order valence-electron chi connectivity index (χ0n) is 17.4. The lowest BCUT2D eigenvalue weighted by Gasteiger charge is -2.07. The van der Waals surface area contributed by atoms with Crippen LogP contribution >= 0.6 is 0 Å². The van der Waals surface area contributed by atoms with Crippen LogP contribution < -0.4 is 10.6 Å². The molecule has 0 bridgehead atoms. The Morgan fingerprint density at radius 1 is 1.29 bits per heavy atom. The molecule has 31 heavy (non-hydrogen) atoms. The molecule has 5 rings (SSSR count). The van der Waals surface area contributed by atoms with Crippen molar-refractivity contribution in [1.29, 1.82) is 0 Å². The third-order valence-corrected chi connectivity index (χ3v) is 5.90. The van der Waals surface area contributed by atoms with E-state index in [1.54, 1.807) is 18.2 Å². The number of rotatable bonds is 5. The SMILES string of the molecule is CNC(=O)c1cc(C=O)cc(Cc2cccc3[nH]cc(F)c23)n1.CNC1C2COCC21. The normalized spacial score (nSPS) is 21.2. The van der Waals surface area contributed by atoms with Crippen molar-refractivity contribution >= 4 is 23.1 Å². The largest absolute Gasteiger partial charge is 0.381 e. The number of aromatic amines is 1. The van der Waals surface area contributed by atoms with Crippen LogP contribution in [0.15, 0.2) is 36.5 Å². The molecule has 2 aromatic heterocycles. The number of ether oxygens (including phenoxy) is 1. The van der Waals surface area contributed by atoms with Crippen molar-refractivity contribution in [3.8, 4) is 0 Å². The van der Waals surface area contributed by atoms with E-state index in [0.717, 1.165) is 36.7 Å². The van der Waals surface area contributed by atoms with E-state index in [9.17, 15) is 14.0 Å². The predicted octanol–water partition coefficient (Wildman–Crippen LogP) is 2.32. The van der Waals surface area contributed by atoms with E-state index in [0.29, 0.717) is 34.9 Å². The fourth-order valence-electron chi connectivity index (χ4n) is 4.24. The van der Waals surface area contributed by atoms with E-state index in [1.165, 1.54) is 19.3 Å². The third-order valence-electron chi connectivity index (χ3n) is 5.90. The van der Waals surface area contributed by atoms with Crippen molar-refractivity contribution in [1.82, 2.24) is 20.6 Å². The molecule has 1 aliphatic carbocycles. The van der Waals surface area contributed by atoms with E-state index in [-0.39, 0.29) is 17.4 Å². The first-order valence-corrected chi connectivity index (χ1v) is 10.2. The zero-order valence-corrected chi connectivity index (χ0v) is 17.4. The standard InChI is InChI=1S/C17H14FN3O2.C6H11NO/c1-19-17(23)15-6-10(9-22)5-12(21-15)7-11-3-2-4-14-16(11)13(18)8-20-14;1-7-6-4-2-8-3-5(4)6/h2-6,8-9,20H,7H2,1H3,(H,19,23);4-7H,2-3H2,1H3. The van der Waals surface area contributed by atoms with Crippen LogP contribution in [0.3, 0.4) is 0 Å². The van der Waals surface area contributed by atoms with Crippen LogP contribution in [-0.4, -0.2) is 55.5 Å². The summed E-state index contributed by atoms with van der Waals surface area (Å²) in [6.07, 6.45) is 2.28. The van der Waals surface area contributed by atoms with Gasteiger partial charge in [-0.3, -0.25) is 9.59 Å². The average molecular weight is 424 g/mol. The van der Waals surface area contributed by atoms with Crippen molar-refractivity contribution in [3.63, 3.8) is 0 Å². The Bertz CT molecular complexity index is 1100. The van der Waals surface area contributed by atoms with Gasteiger partial charge in [0.2, 0.25) is 0 Å². The fourth-order valence-corrected chi connectivity index (χ4v) is 4.24. The van der Waals surface area contributed by atoms with Gasteiger partial charge in [0, 0.05) is 59.7 Å². The van der Waals surface area contributed by atoms with Crippen molar-refractivity contribution < 1.29 is 18.7 Å². The highest BCUT2D eigenvalue weighted by molar-refractivity contribution is 5.93. The molecular formula is C23H25FN4O3. The molecule has 2 atom stereocenters.